The van der Waals surface area contributed by atoms with Crippen molar-refractivity contribution in [3.8, 4) is 5.75 Å². The third-order valence-electron chi connectivity index (χ3n) is 5.15. The number of hydrogen-bond acceptors (Lipinski definition) is 4. The maximum Gasteiger partial charge on any atom is 0.319 e. The smallest absolute Gasteiger partial charge is 0.319 e. The summed E-state index contributed by atoms with van der Waals surface area (Å²) >= 11 is 12.4. The van der Waals surface area contributed by atoms with Crippen LogP contribution in [-0.2, 0) is 29.0 Å². The molecular formula is C23H27Cl2NO3. The van der Waals surface area contributed by atoms with E-state index in [0.717, 1.165) is 43.4 Å². The van der Waals surface area contributed by atoms with Crippen molar-refractivity contribution < 1.29 is 14.3 Å². The van der Waals surface area contributed by atoms with Crippen LogP contribution < -0.4 is 10.1 Å². The average Bonchev–Trinajstić information content (AvgIpc) is 2.72. The Kier molecular flexibility index (Phi) is 8.22. The lowest BCUT2D eigenvalue weighted by molar-refractivity contribution is -0.142. The van der Waals surface area contributed by atoms with Gasteiger partial charge in [0.15, 0.2) is 0 Å². The minimum absolute atomic E-state index is 0.175. The molecule has 0 saturated carbocycles. The topological polar surface area (TPSA) is 47.6 Å². The molecule has 1 N–H and O–H groups in total. The molecule has 2 aromatic rings. The molecule has 0 bridgehead atoms. The Morgan fingerprint density at radius 3 is 2.72 bits per heavy atom. The Labute approximate surface area is 182 Å². The lowest BCUT2D eigenvalue weighted by Crippen LogP contribution is -2.38. The van der Waals surface area contributed by atoms with Crippen LogP contribution in [0.2, 0.25) is 10.0 Å². The molecule has 0 saturated heterocycles. The molecule has 0 heterocycles. The van der Waals surface area contributed by atoms with E-state index in [9.17, 15) is 4.79 Å². The summed E-state index contributed by atoms with van der Waals surface area (Å²) in [5.74, 6) is 0.636. The molecule has 1 atom stereocenters. The molecule has 1 aliphatic rings. The highest BCUT2D eigenvalue weighted by molar-refractivity contribution is 6.35. The van der Waals surface area contributed by atoms with Gasteiger partial charge in [-0.25, -0.2) is 0 Å². The number of carbonyl (C=O) groups is 1. The van der Waals surface area contributed by atoms with Gasteiger partial charge in [-0.05, 0) is 61.1 Å². The van der Waals surface area contributed by atoms with Crippen LogP contribution in [0.15, 0.2) is 36.4 Å². The highest BCUT2D eigenvalue weighted by Gasteiger charge is 2.20. The van der Waals surface area contributed by atoms with E-state index in [4.69, 9.17) is 32.7 Å². The first kappa shape index (κ1) is 21.9. The van der Waals surface area contributed by atoms with Crippen LogP contribution in [0, 0.1) is 0 Å². The number of carbonyl (C=O) groups excluding carboxylic acids is 1. The zero-order valence-corrected chi connectivity index (χ0v) is 18.2. The zero-order chi connectivity index (χ0) is 20.6. The minimum atomic E-state index is -0.175. The third-order valence-corrected chi connectivity index (χ3v) is 5.86. The van der Waals surface area contributed by atoms with Crippen molar-refractivity contribution in [2.75, 3.05) is 13.2 Å². The Morgan fingerprint density at radius 2 is 1.97 bits per heavy atom. The highest BCUT2D eigenvalue weighted by Crippen LogP contribution is 2.29. The Balaban J connectivity index is 1.51. The average molecular weight is 436 g/mol. The van der Waals surface area contributed by atoms with E-state index >= 15 is 0 Å². The van der Waals surface area contributed by atoms with Gasteiger partial charge in [0.25, 0.3) is 0 Å². The number of ether oxygens (including phenoxy) is 2. The largest absolute Gasteiger partial charge is 0.489 e. The van der Waals surface area contributed by atoms with Crippen LogP contribution in [0.3, 0.4) is 0 Å². The summed E-state index contributed by atoms with van der Waals surface area (Å²) in [7, 11) is 0. The van der Waals surface area contributed by atoms with Crippen molar-refractivity contribution in [2.24, 2.45) is 0 Å². The van der Waals surface area contributed by atoms with Crippen LogP contribution in [0.5, 0.6) is 5.75 Å². The first-order valence-electron chi connectivity index (χ1n) is 10.1. The fourth-order valence-electron chi connectivity index (χ4n) is 3.43. The first-order chi connectivity index (χ1) is 14.1. The maximum atomic E-state index is 11.8. The molecule has 1 aliphatic carbocycles. The Morgan fingerprint density at radius 1 is 1.17 bits per heavy atom. The molecule has 0 aromatic heterocycles. The van der Waals surface area contributed by atoms with Crippen LogP contribution in [0.4, 0.5) is 0 Å². The molecule has 0 fully saturated rings. The molecule has 29 heavy (non-hydrogen) atoms. The number of hydrogen-bond donors (Lipinski definition) is 1. The van der Waals surface area contributed by atoms with Crippen molar-refractivity contribution in [3.63, 3.8) is 0 Å². The molecule has 0 amide bonds. The van der Waals surface area contributed by atoms with Gasteiger partial charge in [-0.15, -0.1) is 0 Å². The SMILES string of the molecule is CCCCOC(=O)CNC1CCc2cc(OCc3c(Cl)cccc3Cl)ccc2C1. The summed E-state index contributed by atoms with van der Waals surface area (Å²) in [4.78, 5) is 11.8. The van der Waals surface area contributed by atoms with E-state index in [-0.39, 0.29) is 18.6 Å². The highest BCUT2D eigenvalue weighted by atomic mass is 35.5. The van der Waals surface area contributed by atoms with Crippen LogP contribution in [-0.4, -0.2) is 25.2 Å². The molecule has 3 rings (SSSR count). The molecule has 0 aliphatic heterocycles. The van der Waals surface area contributed by atoms with Gasteiger partial charge in [-0.3, -0.25) is 4.79 Å². The van der Waals surface area contributed by atoms with E-state index in [1.807, 2.05) is 24.3 Å². The van der Waals surface area contributed by atoms with Crippen molar-refractivity contribution in [3.05, 3.63) is 63.1 Å². The quantitative estimate of drug-likeness (QED) is 0.425. The second-order valence-electron chi connectivity index (χ2n) is 7.31. The molecule has 0 spiro atoms. The zero-order valence-electron chi connectivity index (χ0n) is 16.7. The molecular weight excluding hydrogens is 409 g/mol. The standard InChI is InChI=1S/C23H27Cl2NO3/c1-2-3-11-28-23(27)14-26-18-9-7-17-13-19(10-8-16(17)12-18)29-15-20-21(24)5-4-6-22(20)25/h4-6,8,10,13,18,26H,2-3,7,9,11-12,14-15H2,1H3. The summed E-state index contributed by atoms with van der Waals surface area (Å²) in [6.07, 6.45) is 4.76. The van der Waals surface area contributed by atoms with E-state index in [2.05, 4.69) is 24.4 Å². The minimum Gasteiger partial charge on any atom is -0.489 e. The van der Waals surface area contributed by atoms with Gasteiger partial charge in [-0.2, -0.15) is 0 Å². The number of aryl methyl sites for hydroxylation is 1. The summed E-state index contributed by atoms with van der Waals surface area (Å²) in [5.41, 5.74) is 3.37. The number of nitrogens with one attached hydrogen (secondary N) is 1. The summed E-state index contributed by atoms with van der Waals surface area (Å²) in [5, 5.41) is 4.55. The van der Waals surface area contributed by atoms with Gasteiger partial charge in [0, 0.05) is 21.7 Å². The van der Waals surface area contributed by atoms with Gasteiger partial charge < -0.3 is 14.8 Å². The van der Waals surface area contributed by atoms with Crippen LogP contribution in [0.1, 0.15) is 42.9 Å². The fraction of sp³-hybridized carbons (Fsp3) is 0.435. The number of fused-ring (bicyclic) bond motifs is 1. The fourth-order valence-corrected chi connectivity index (χ4v) is 3.94. The number of halogens is 2. The lowest BCUT2D eigenvalue weighted by Gasteiger charge is -2.26. The Bertz CT molecular complexity index is 821. The van der Waals surface area contributed by atoms with Crippen molar-refractivity contribution >= 4 is 29.2 Å². The lowest BCUT2D eigenvalue weighted by atomic mass is 9.88. The van der Waals surface area contributed by atoms with Crippen molar-refractivity contribution in [1.82, 2.24) is 5.32 Å². The van der Waals surface area contributed by atoms with E-state index in [1.54, 1.807) is 0 Å². The number of esters is 1. The number of benzene rings is 2. The molecule has 156 valence electrons. The molecule has 6 heteroatoms. The van der Waals surface area contributed by atoms with Gasteiger partial charge in [-0.1, -0.05) is 48.7 Å². The second-order valence-corrected chi connectivity index (χ2v) is 8.13. The van der Waals surface area contributed by atoms with Gasteiger partial charge >= 0.3 is 5.97 Å². The normalized spacial score (nSPS) is 15.6. The van der Waals surface area contributed by atoms with E-state index < -0.39 is 0 Å². The molecule has 1 unspecified atom stereocenters. The van der Waals surface area contributed by atoms with Crippen LogP contribution in [0.25, 0.3) is 0 Å². The van der Waals surface area contributed by atoms with E-state index in [1.165, 1.54) is 11.1 Å². The van der Waals surface area contributed by atoms with Gasteiger partial charge in [0.1, 0.15) is 12.4 Å². The van der Waals surface area contributed by atoms with Gasteiger partial charge in [0.2, 0.25) is 0 Å². The first-order valence-corrected chi connectivity index (χ1v) is 10.9. The number of unbranched alkanes of at least 4 members (excludes halogenated alkanes) is 1. The van der Waals surface area contributed by atoms with E-state index in [0.29, 0.717) is 23.3 Å². The monoisotopic (exact) mass is 435 g/mol. The van der Waals surface area contributed by atoms with Crippen molar-refractivity contribution in [2.45, 2.75) is 51.7 Å². The van der Waals surface area contributed by atoms with Crippen LogP contribution >= 0.6 is 23.2 Å². The van der Waals surface area contributed by atoms with Gasteiger partial charge in [0.05, 0.1) is 13.2 Å². The predicted molar refractivity (Wildman–Crippen MR) is 117 cm³/mol. The van der Waals surface area contributed by atoms with Crippen molar-refractivity contribution in [1.29, 1.82) is 0 Å². The second kappa shape index (κ2) is 10.9. The molecule has 4 nitrogen and oxygen atoms in total. The predicted octanol–water partition coefficient (Wildman–Crippen LogP) is 5.36. The maximum absolute atomic E-state index is 11.8. The third kappa shape index (κ3) is 6.36. The summed E-state index contributed by atoms with van der Waals surface area (Å²) in [6, 6.07) is 11.9. The Hall–Kier alpha value is -1.75. The molecule has 0 radical (unpaired) electrons. The summed E-state index contributed by atoms with van der Waals surface area (Å²) in [6.45, 7) is 3.19. The molecule has 2 aromatic carbocycles. The summed E-state index contributed by atoms with van der Waals surface area (Å²) < 4.78 is 11.1. The number of rotatable bonds is 9.